The molecular formula is C10H17N3. The highest BCUT2D eigenvalue weighted by Gasteiger charge is 2.17. The van der Waals surface area contributed by atoms with Gasteiger partial charge in [-0.1, -0.05) is 0 Å². The van der Waals surface area contributed by atoms with E-state index in [4.69, 9.17) is 5.73 Å². The Morgan fingerprint density at radius 1 is 1.54 bits per heavy atom. The molecule has 3 heteroatoms. The van der Waals surface area contributed by atoms with Crippen LogP contribution in [0.15, 0.2) is 0 Å². The second kappa shape index (κ2) is 3.50. The van der Waals surface area contributed by atoms with Crippen molar-refractivity contribution in [1.29, 1.82) is 0 Å². The van der Waals surface area contributed by atoms with Crippen molar-refractivity contribution in [3.8, 4) is 0 Å². The molecule has 0 saturated heterocycles. The molecule has 0 fully saturated rings. The van der Waals surface area contributed by atoms with Crippen molar-refractivity contribution in [3.05, 3.63) is 17.0 Å². The molecule has 0 aromatic carbocycles. The van der Waals surface area contributed by atoms with Crippen LogP contribution in [0.4, 0.5) is 0 Å². The molecular weight excluding hydrogens is 162 g/mol. The van der Waals surface area contributed by atoms with Gasteiger partial charge in [0.2, 0.25) is 0 Å². The minimum absolute atomic E-state index is 0.286. The van der Waals surface area contributed by atoms with E-state index in [1.54, 1.807) is 0 Å². The second-order valence-electron chi connectivity index (χ2n) is 4.00. The Kier molecular flexibility index (Phi) is 2.36. The smallest absolute Gasteiger partial charge is 0.0657 e. The number of nitrogens with zero attached hydrogens (tertiary/aromatic N) is 1. The van der Waals surface area contributed by atoms with Crippen molar-refractivity contribution in [2.45, 2.75) is 45.1 Å². The van der Waals surface area contributed by atoms with Crippen LogP contribution in [0, 0.1) is 0 Å². The van der Waals surface area contributed by atoms with E-state index in [1.165, 1.54) is 36.2 Å². The van der Waals surface area contributed by atoms with Crippen LogP contribution < -0.4 is 5.73 Å². The van der Waals surface area contributed by atoms with Crippen molar-refractivity contribution in [1.82, 2.24) is 10.2 Å². The molecule has 0 bridgehead atoms. The summed E-state index contributed by atoms with van der Waals surface area (Å²) in [6, 6.07) is 0.286. The Morgan fingerprint density at radius 2 is 2.38 bits per heavy atom. The maximum absolute atomic E-state index is 5.72. The summed E-state index contributed by atoms with van der Waals surface area (Å²) in [5.41, 5.74) is 9.80. The van der Waals surface area contributed by atoms with E-state index in [1.807, 2.05) is 6.92 Å². The van der Waals surface area contributed by atoms with Crippen LogP contribution in [0.3, 0.4) is 0 Å². The quantitative estimate of drug-likeness (QED) is 0.732. The number of aryl methyl sites for hydroxylation is 2. The van der Waals surface area contributed by atoms with Crippen LogP contribution in [0.1, 0.15) is 36.7 Å². The van der Waals surface area contributed by atoms with E-state index in [0.29, 0.717) is 0 Å². The van der Waals surface area contributed by atoms with Crippen molar-refractivity contribution >= 4 is 0 Å². The van der Waals surface area contributed by atoms with Gasteiger partial charge in [-0.2, -0.15) is 5.10 Å². The lowest BCUT2D eigenvalue weighted by Crippen LogP contribution is -2.15. The van der Waals surface area contributed by atoms with Gasteiger partial charge in [0.25, 0.3) is 0 Å². The van der Waals surface area contributed by atoms with Crippen LogP contribution in [-0.4, -0.2) is 16.2 Å². The summed E-state index contributed by atoms with van der Waals surface area (Å²) < 4.78 is 0. The van der Waals surface area contributed by atoms with E-state index in [0.717, 1.165) is 12.8 Å². The molecule has 3 nitrogen and oxygen atoms in total. The Morgan fingerprint density at radius 3 is 3.15 bits per heavy atom. The highest BCUT2D eigenvalue weighted by molar-refractivity contribution is 5.29. The highest BCUT2D eigenvalue weighted by atomic mass is 15.1. The summed E-state index contributed by atoms with van der Waals surface area (Å²) >= 11 is 0. The molecule has 1 heterocycles. The predicted octanol–water partition coefficient (Wildman–Crippen LogP) is 1.18. The third-order valence-corrected chi connectivity index (χ3v) is 2.73. The molecule has 0 aliphatic heterocycles. The van der Waals surface area contributed by atoms with Crippen LogP contribution in [0.5, 0.6) is 0 Å². The minimum Gasteiger partial charge on any atom is -0.328 e. The van der Waals surface area contributed by atoms with Gasteiger partial charge in [0, 0.05) is 11.7 Å². The number of aromatic nitrogens is 2. The molecule has 1 atom stereocenters. The van der Waals surface area contributed by atoms with E-state index in [-0.39, 0.29) is 6.04 Å². The van der Waals surface area contributed by atoms with E-state index in [9.17, 15) is 0 Å². The van der Waals surface area contributed by atoms with Gasteiger partial charge >= 0.3 is 0 Å². The van der Waals surface area contributed by atoms with Crippen LogP contribution in [-0.2, 0) is 19.3 Å². The molecule has 1 aliphatic rings. The number of hydrogen-bond donors (Lipinski definition) is 2. The standard InChI is InChI=1S/C10H17N3/c1-7(11)5-6-10-8-3-2-4-9(8)12-13-10/h7H,2-6,11H2,1H3,(H,12,13)/t7-/m1/s1. The molecule has 1 aromatic rings. The Hall–Kier alpha value is -0.830. The fraction of sp³-hybridized carbons (Fsp3) is 0.700. The van der Waals surface area contributed by atoms with Gasteiger partial charge in [0.15, 0.2) is 0 Å². The number of H-pyrrole nitrogens is 1. The largest absolute Gasteiger partial charge is 0.328 e. The van der Waals surface area contributed by atoms with E-state index in [2.05, 4.69) is 10.2 Å². The maximum atomic E-state index is 5.72. The third-order valence-electron chi connectivity index (χ3n) is 2.73. The Balaban J connectivity index is 2.04. The third kappa shape index (κ3) is 1.75. The van der Waals surface area contributed by atoms with Gasteiger partial charge < -0.3 is 5.73 Å². The zero-order chi connectivity index (χ0) is 9.26. The molecule has 3 N–H and O–H groups in total. The molecule has 0 radical (unpaired) electrons. The number of nitrogens with two attached hydrogens (primary N) is 1. The number of aromatic amines is 1. The lowest BCUT2D eigenvalue weighted by Gasteiger charge is -2.02. The van der Waals surface area contributed by atoms with Gasteiger partial charge in [-0.15, -0.1) is 0 Å². The molecule has 0 unspecified atom stereocenters. The first-order chi connectivity index (χ1) is 6.27. The fourth-order valence-electron chi connectivity index (χ4n) is 1.96. The Labute approximate surface area is 78.7 Å². The van der Waals surface area contributed by atoms with Gasteiger partial charge in [-0.25, -0.2) is 0 Å². The molecule has 72 valence electrons. The monoisotopic (exact) mass is 179 g/mol. The lowest BCUT2D eigenvalue weighted by molar-refractivity contribution is 0.652. The van der Waals surface area contributed by atoms with Crippen LogP contribution >= 0.6 is 0 Å². The maximum Gasteiger partial charge on any atom is 0.0657 e. The van der Waals surface area contributed by atoms with Crippen LogP contribution in [0.25, 0.3) is 0 Å². The average molecular weight is 179 g/mol. The number of fused-ring (bicyclic) bond motifs is 1. The number of rotatable bonds is 3. The first kappa shape index (κ1) is 8.75. The average Bonchev–Trinajstić information content (AvgIpc) is 2.60. The van der Waals surface area contributed by atoms with Crippen molar-refractivity contribution < 1.29 is 0 Å². The highest BCUT2D eigenvalue weighted by Crippen LogP contribution is 2.23. The summed E-state index contributed by atoms with van der Waals surface area (Å²) in [7, 11) is 0. The summed E-state index contributed by atoms with van der Waals surface area (Å²) in [5.74, 6) is 0. The molecule has 2 rings (SSSR count). The zero-order valence-electron chi connectivity index (χ0n) is 8.14. The molecule has 13 heavy (non-hydrogen) atoms. The molecule has 0 amide bonds. The molecule has 1 aromatic heterocycles. The van der Waals surface area contributed by atoms with Gasteiger partial charge in [-0.3, -0.25) is 5.10 Å². The van der Waals surface area contributed by atoms with E-state index < -0.39 is 0 Å². The molecule has 1 aliphatic carbocycles. The Bertz CT molecular complexity index is 288. The van der Waals surface area contributed by atoms with Crippen molar-refractivity contribution in [2.24, 2.45) is 5.73 Å². The first-order valence-corrected chi connectivity index (χ1v) is 5.08. The molecule has 0 spiro atoms. The normalized spacial score (nSPS) is 17.4. The van der Waals surface area contributed by atoms with Crippen molar-refractivity contribution in [3.63, 3.8) is 0 Å². The zero-order valence-corrected chi connectivity index (χ0v) is 8.14. The minimum atomic E-state index is 0.286. The summed E-state index contributed by atoms with van der Waals surface area (Å²) in [4.78, 5) is 0. The van der Waals surface area contributed by atoms with Gasteiger partial charge in [0.05, 0.1) is 5.69 Å². The summed E-state index contributed by atoms with van der Waals surface area (Å²) in [5, 5.41) is 7.45. The van der Waals surface area contributed by atoms with Gasteiger partial charge in [-0.05, 0) is 44.6 Å². The topological polar surface area (TPSA) is 54.7 Å². The fourth-order valence-corrected chi connectivity index (χ4v) is 1.96. The van der Waals surface area contributed by atoms with Gasteiger partial charge in [0.1, 0.15) is 0 Å². The second-order valence-corrected chi connectivity index (χ2v) is 4.00. The van der Waals surface area contributed by atoms with Crippen molar-refractivity contribution in [2.75, 3.05) is 0 Å². The summed E-state index contributed by atoms with van der Waals surface area (Å²) in [6.07, 6.45) is 5.75. The predicted molar refractivity (Wildman–Crippen MR) is 52.6 cm³/mol. The number of nitrogens with one attached hydrogen (secondary N) is 1. The summed E-state index contributed by atoms with van der Waals surface area (Å²) in [6.45, 7) is 2.05. The van der Waals surface area contributed by atoms with E-state index >= 15 is 0 Å². The SMILES string of the molecule is C[C@@H](N)CCc1n[nH]c2c1CCC2. The lowest BCUT2D eigenvalue weighted by atomic mass is 10.1. The first-order valence-electron chi connectivity index (χ1n) is 5.08. The molecule has 0 saturated carbocycles. The number of hydrogen-bond acceptors (Lipinski definition) is 2. The van der Waals surface area contributed by atoms with Crippen LogP contribution in [0.2, 0.25) is 0 Å².